The summed E-state index contributed by atoms with van der Waals surface area (Å²) in [6, 6.07) is 12.7. The van der Waals surface area contributed by atoms with Gasteiger partial charge in [0.2, 0.25) is 11.8 Å². The van der Waals surface area contributed by atoms with Crippen molar-refractivity contribution in [2.75, 3.05) is 23.9 Å². The van der Waals surface area contributed by atoms with Crippen LogP contribution in [-0.2, 0) is 19.1 Å². The summed E-state index contributed by atoms with van der Waals surface area (Å²) in [5.41, 5.74) is 1.07. The lowest BCUT2D eigenvalue weighted by Crippen LogP contribution is -2.37. The molecule has 2 aromatic carbocycles. The summed E-state index contributed by atoms with van der Waals surface area (Å²) in [7, 11) is 1.52. The van der Waals surface area contributed by atoms with Crippen molar-refractivity contribution in [3.8, 4) is 5.75 Å². The number of rotatable bonds is 6. The molecule has 8 nitrogen and oxygen atoms in total. The van der Waals surface area contributed by atoms with Gasteiger partial charge in [-0.25, -0.2) is 4.79 Å². The molecule has 3 fully saturated rings. The Morgan fingerprint density at radius 3 is 2.23 bits per heavy atom. The van der Waals surface area contributed by atoms with Crippen LogP contribution >= 0.6 is 23.2 Å². The highest BCUT2D eigenvalue weighted by atomic mass is 35.5. The van der Waals surface area contributed by atoms with Crippen molar-refractivity contribution in [2.24, 2.45) is 23.7 Å². The van der Waals surface area contributed by atoms with Crippen LogP contribution in [0.1, 0.15) is 16.8 Å². The topological polar surface area (TPSA) is 102 Å². The maximum atomic E-state index is 13.1. The summed E-state index contributed by atoms with van der Waals surface area (Å²) < 4.78 is 10.2. The standard InChI is InChI=1S/C25H22Cl2N2O6/c1-34-15-4-2-3-13(9-15)28-18(30)11-35-25(33)12-5-7-14(8-6-12)29-23(31)19-16-10-17(20(19)24(29)32)22(27)21(16)26/h2-9,16-17,19-22H,10-11H2,1H3,(H,28,30)/t16-,17-,19-,20-,21+,22+/m1/s1. The molecule has 35 heavy (non-hydrogen) atoms. The highest BCUT2D eigenvalue weighted by Gasteiger charge is 2.66. The first-order valence-corrected chi connectivity index (χ1v) is 12.0. The second-order valence-electron chi connectivity index (χ2n) is 8.92. The minimum absolute atomic E-state index is 0.104. The number of carbonyl (C=O) groups excluding carboxylic acids is 4. The van der Waals surface area contributed by atoms with Crippen molar-refractivity contribution in [1.82, 2.24) is 0 Å². The summed E-state index contributed by atoms with van der Waals surface area (Å²) in [4.78, 5) is 51.9. The molecule has 5 rings (SSSR count). The number of carbonyl (C=O) groups is 4. The smallest absolute Gasteiger partial charge is 0.338 e. The van der Waals surface area contributed by atoms with Gasteiger partial charge in [-0.1, -0.05) is 6.07 Å². The Morgan fingerprint density at radius 1 is 1.00 bits per heavy atom. The van der Waals surface area contributed by atoms with Crippen LogP contribution in [-0.4, -0.2) is 48.2 Å². The fourth-order valence-electron chi connectivity index (χ4n) is 5.46. The zero-order chi connectivity index (χ0) is 24.9. The number of anilines is 2. The van der Waals surface area contributed by atoms with Gasteiger partial charge in [-0.15, -0.1) is 23.2 Å². The van der Waals surface area contributed by atoms with Gasteiger partial charge in [-0.05, 0) is 54.7 Å². The fraction of sp³-hybridized carbons (Fsp3) is 0.360. The van der Waals surface area contributed by atoms with Crippen molar-refractivity contribution < 1.29 is 28.7 Å². The van der Waals surface area contributed by atoms with E-state index in [-0.39, 0.29) is 40.0 Å². The van der Waals surface area contributed by atoms with E-state index in [1.807, 2.05) is 0 Å². The molecule has 182 valence electrons. The van der Waals surface area contributed by atoms with E-state index in [9.17, 15) is 19.2 Å². The number of nitrogens with one attached hydrogen (secondary N) is 1. The lowest BCUT2D eigenvalue weighted by molar-refractivity contribution is -0.123. The van der Waals surface area contributed by atoms with Gasteiger partial charge in [0.25, 0.3) is 5.91 Å². The SMILES string of the molecule is COc1cccc(NC(=O)COC(=O)c2ccc(N3C(=O)[C@@H]4[C@H]5C[C@@H]([C@H](Cl)[C@H]5Cl)[C@H]4C3=O)cc2)c1. The van der Waals surface area contributed by atoms with Gasteiger partial charge in [-0.2, -0.15) is 0 Å². The minimum Gasteiger partial charge on any atom is -0.497 e. The number of nitrogens with zero attached hydrogens (tertiary/aromatic N) is 1. The third-order valence-electron chi connectivity index (χ3n) is 7.04. The van der Waals surface area contributed by atoms with E-state index in [0.717, 1.165) is 0 Å². The Morgan fingerprint density at radius 2 is 1.63 bits per heavy atom. The van der Waals surface area contributed by atoms with E-state index in [1.54, 1.807) is 24.3 Å². The number of benzene rings is 2. The summed E-state index contributed by atoms with van der Waals surface area (Å²) in [5.74, 6) is -2.28. The van der Waals surface area contributed by atoms with Crippen LogP contribution in [0.2, 0.25) is 0 Å². The average molecular weight is 517 g/mol. The molecule has 10 heteroatoms. The molecule has 1 saturated heterocycles. The minimum atomic E-state index is -0.707. The molecule has 3 aliphatic rings. The maximum Gasteiger partial charge on any atom is 0.338 e. The van der Waals surface area contributed by atoms with Crippen molar-refractivity contribution in [3.63, 3.8) is 0 Å². The molecule has 2 aromatic rings. The van der Waals surface area contributed by atoms with Crippen LogP contribution < -0.4 is 15.0 Å². The van der Waals surface area contributed by atoms with E-state index in [4.69, 9.17) is 32.7 Å². The van der Waals surface area contributed by atoms with Crippen molar-refractivity contribution in [1.29, 1.82) is 0 Å². The number of alkyl halides is 2. The van der Waals surface area contributed by atoms with Crippen LogP contribution in [0.25, 0.3) is 0 Å². The monoisotopic (exact) mass is 516 g/mol. The highest BCUT2D eigenvalue weighted by Crippen LogP contribution is 2.59. The van der Waals surface area contributed by atoms with E-state index in [1.165, 1.54) is 36.3 Å². The summed E-state index contributed by atoms with van der Waals surface area (Å²) in [6.07, 6.45) is 0.694. The number of halogens is 2. The number of hydrogen-bond donors (Lipinski definition) is 1. The van der Waals surface area contributed by atoms with Crippen molar-refractivity contribution >= 4 is 58.3 Å². The Bertz CT molecular complexity index is 1170. The third kappa shape index (κ3) is 4.04. The quantitative estimate of drug-likeness (QED) is 0.358. The Hall–Kier alpha value is -3.10. The molecule has 0 unspecified atom stereocenters. The van der Waals surface area contributed by atoms with Crippen LogP contribution in [0, 0.1) is 23.7 Å². The summed E-state index contributed by atoms with van der Waals surface area (Å²) in [6.45, 7) is -0.480. The molecule has 2 bridgehead atoms. The average Bonchev–Trinajstić information content (AvgIpc) is 3.47. The fourth-order valence-corrected chi connectivity index (χ4v) is 6.36. The lowest BCUT2D eigenvalue weighted by atomic mass is 9.80. The number of imide groups is 1. The van der Waals surface area contributed by atoms with E-state index in [0.29, 0.717) is 23.5 Å². The first-order valence-electron chi connectivity index (χ1n) is 11.2. The second-order valence-corrected chi connectivity index (χ2v) is 9.93. The highest BCUT2D eigenvalue weighted by molar-refractivity contribution is 6.32. The third-order valence-corrected chi connectivity index (χ3v) is 8.36. The number of amides is 3. The molecule has 1 heterocycles. The number of hydrogen-bond acceptors (Lipinski definition) is 6. The normalized spacial score (nSPS) is 28.7. The van der Waals surface area contributed by atoms with Crippen molar-refractivity contribution in [2.45, 2.75) is 17.2 Å². The zero-order valence-electron chi connectivity index (χ0n) is 18.6. The van der Waals surface area contributed by atoms with Crippen LogP contribution in [0.3, 0.4) is 0 Å². The van der Waals surface area contributed by atoms with Crippen LogP contribution in [0.4, 0.5) is 11.4 Å². The Labute approximate surface area is 211 Å². The van der Waals surface area contributed by atoms with Gasteiger partial charge in [0.15, 0.2) is 6.61 Å². The summed E-state index contributed by atoms with van der Waals surface area (Å²) in [5, 5.41) is 1.98. The van der Waals surface area contributed by atoms with Gasteiger partial charge in [0.1, 0.15) is 5.75 Å². The number of esters is 1. The maximum absolute atomic E-state index is 13.1. The van der Waals surface area contributed by atoms with Crippen LogP contribution in [0.15, 0.2) is 48.5 Å². The van der Waals surface area contributed by atoms with Gasteiger partial charge < -0.3 is 14.8 Å². The summed E-state index contributed by atoms with van der Waals surface area (Å²) >= 11 is 12.8. The van der Waals surface area contributed by atoms with E-state index < -0.39 is 30.3 Å². The lowest BCUT2D eigenvalue weighted by Gasteiger charge is -2.28. The first kappa shape index (κ1) is 23.6. The molecule has 3 amide bonds. The molecule has 2 saturated carbocycles. The van der Waals surface area contributed by atoms with Crippen LogP contribution in [0.5, 0.6) is 5.75 Å². The van der Waals surface area contributed by atoms with Gasteiger partial charge in [0, 0.05) is 11.8 Å². The second kappa shape index (κ2) is 9.17. The van der Waals surface area contributed by atoms with E-state index >= 15 is 0 Å². The number of fused-ring (bicyclic) bond motifs is 5. The molecule has 6 atom stereocenters. The van der Waals surface area contributed by atoms with Gasteiger partial charge in [-0.3, -0.25) is 19.3 Å². The first-order chi connectivity index (χ1) is 16.8. The molecule has 0 radical (unpaired) electrons. The Kier molecular flexibility index (Phi) is 6.19. The zero-order valence-corrected chi connectivity index (χ0v) is 20.2. The van der Waals surface area contributed by atoms with E-state index in [2.05, 4.69) is 5.32 Å². The predicted octanol–water partition coefficient (Wildman–Crippen LogP) is 3.46. The van der Waals surface area contributed by atoms with Gasteiger partial charge in [0.05, 0.1) is 41.0 Å². The molecular weight excluding hydrogens is 495 g/mol. The molecular formula is C25H22Cl2N2O6. The molecule has 0 aromatic heterocycles. The number of methoxy groups -OCH3 is 1. The number of ether oxygens (including phenoxy) is 2. The van der Waals surface area contributed by atoms with Crippen molar-refractivity contribution in [3.05, 3.63) is 54.1 Å². The molecule has 1 aliphatic heterocycles. The predicted molar refractivity (Wildman–Crippen MR) is 129 cm³/mol. The Balaban J connectivity index is 1.21. The molecule has 1 N–H and O–H groups in total. The van der Waals surface area contributed by atoms with Gasteiger partial charge >= 0.3 is 5.97 Å². The molecule has 2 aliphatic carbocycles. The molecule has 0 spiro atoms. The largest absolute Gasteiger partial charge is 0.497 e.